The first kappa shape index (κ1) is 20.6. The van der Waals surface area contributed by atoms with Crippen molar-refractivity contribution < 1.29 is 14.3 Å². The Bertz CT molecular complexity index is 1060. The molecule has 1 aliphatic heterocycles. The Kier molecular flexibility index (Phi) is 6.17. The van der Waals surface area contributed by atoms with Gasteiger partial charge in [0, 0.05) is 29.4 Å². The normalized spacial score (nSPS) is 15.1. The number of ether oxygens (including phenoxy) is 1. The molecule has 0 aliphatic carbocycles. The smallest absolute Gasteiger partial charge is 0.251 e. The third-order valence-corrected chi connectivity index (χ3v) is 6.10. The van der Waals surface area contributed by atoms with Crippen molar-refractivity contribution >= 4 is 55.8 Å². The topological polar surface area (TPSA) is 83.6 Å². The predicted molar refractivity (Wildman–Crippen MR) is 120 cm³/mol. The van der Waals surface area contributed by atoms with Crippen LogP contribution in [0.15, 0.2) is 42.5 Å². The molecule has 0 saturated carbocycles. The minimum absolute atomic E-state index is 0.297. The largest absolute Gasteiger partial charge is 0.378 e. The summed E-state index contributed by atoms with van der Waals surface area (Å²) in [4.78, 5) is 31.7. The molecular formula is C21H21ClN4O3S. The first-order valence-electron chi connectivity index (χ1n) is 9.60. The standard InChI is InChI=1S/C21H21ClN4O3S/c1-13(23-20(28)14-2-4-15(22)5-3-14)19(27)24-16-6-7-17-18(12-16)30-21(25-17)26-8-10-29-11-9-26/h2-7,12-13H,8-11H2,1H3,(H,23,28)(H,24,27)/t13-/m0/s1. The van der Waals surface area contributed by atoms with Gasteiger partial charge in [0.2, 0.25) is 5.91 Å². The van der Waals surface area contributed by atoms with E-state index < -0.39 is 6.04 Å². The predicted octanol–water partition coefficient (Wildman–Crippen LogP) is 3.54. The van der Waals surface area contributed by atoms with E-state index in [1.807, 2.05) is 18.2 Å². The maximum absolute atomic E-state index is 12.5. The van der Waals surface area contributed by atoms with Crippen molar-refractivity contribution in [3.63, 3.8) is 0 Å². The SMILES string of the molecule is C[C@H](NC(=O)c1ccc(Cl)cc1)C(=O)Nc1ccc2nc(N3CCOCC3)sc2c1. The zero-order chi connectivity index (χ0) is 21.1. The van der Waals surface area contributed by atoms with Gasteiger partial charge in [-0.25, -0.2) is 4.98 Å². The van der Waals surface area contributed by atoms with Gasteiger partial charge in [-0.2, -0.15) is 0 Å². The molecule has 4 rings (SSSR count). The van der Waals surface area contributed by atoms with Gasteiger partial charge in [0.15, 0.2) is 5.13 Å². The number of anilines is 2. The Balaban J connectivity index is 1.40. The van der Waals surface area contributed by atoms with E-state index in [1.54, 1.807) is 42.5 Å². The first-order valence-corrected chi connectivity index (χ1v) is 10.8. The highest BCUT2D eigenvalue weighted by Crippen LogP contribution is 2.31. The molecule has 0 spiro atoms. The first-order chi connectivity index (χ1) is 14.5. The van der Waals surface area contributed by atoms with Gasteiger partial charge >= 0.3 is 0 Å². The second-order valence-electron chi connectivity index (χ2n) is 6.97. The lowest BCUT2D eigenvalue weighted by Gasteiger charge is -2.25. The number of thiazole rings is 1. The number of amides is 2. The van der Waals surface area contributed by atoms with Gasteiger partial charge in [0.05, 0.1) is 23.4 Å². The monoisotopic (exact) mass is 444 g/mol. The number of rotatable bonds is 5. The van der Waals surface area contributed by atoms with Gasteiger partial charge < -0.3 is 20.3 Å². The Morgan fingerprint density at radius 2 is 1.90 bits per heavy atom. The Morgan fingerprint density at radius 3 is 2.63 bits per heavy atom. The molecule has 2 heterocycles. The summed E-state index contributed by atoms with van der Waals surface area (Å²) in [7, 11) is 0. The molecule has 0 radical (unpaired) electrons. The maximum atomic E-state index is 12.5. The lowest BCUT2D eigenvalue weighted by Crippen LogP contribution is -2.41. The number of benzene rings is 2. The van der Waals surface area contributed by atoms with E-state index in [0.29, 0.717) is 29.5 Å². The molecule has 2 amide bonds. The van der Waals surface area contributed by atoms with E-state index in [2.05, 4.69) is 20.5 Å². The minimum Gasteiger partial charge on any atom is -0.378 e. The second-order valence-corrected chi connectivity index (χ2v) is 8.42. The average molecular weight is 445 g/mol. The van der Waals surface area contributed by atoms with E-state index in [-0.39, 0.29) is 11.8 Å². The van der Waals surface area contributed by atoms with Gasteiger partial charge in [0.25, 0.3) is 5.91 Å². The summed E-state index contributed by atoms with van der Waals surface area (Å²) >= 11 is 7.43. The van der Waals surface area contributed by atoms with Crippen molar-refractivity contribution in [1.82, 2.24) is 10.3 Å². The summed E-state index contributed by atoms with van der Waals surface area (Å²) in [6.45, 7) is 4.71. The molecule has 0 unspecified atom stereocenters. The van der Waals surface area contributed by atoms with Gasteiger partial charge in [0.1, 0.15) is 6.04 Å². The van der Waals surface area contributed by atoms with Gasteiger partial charge in [-0.1, -0.05) is 22.9 Å². The molecule has 156 valence electrons. The third-order valence-electron chi connectivity index (χ3n) is 4.77. The van der Waals surface area contributed by atoms with Crippen molar-refractivity contribution in [2.24, 2.45) is 0 Å². The molecule has 1 aromatic heterocycles. The molecule has 3 aromatic rings. The summed E-state index contributed by atoms with van der Waals surface area (Å²) in [6, 6.07) is 11.4. The highest BCUT2D eigenvalue weighted by molar-refractivity contribution is 7.22. The highest BCUT2D eigenvalue weighted by atomic mass is 35.5. The van der Waals surface area contributed by atoms with E-state index in [9.17, 15) is 9.59 Å². The van der Waals surface area contributed by atoms with Crippen LogP contribution in [0.4, 0.5) is 10.8 Å². The number of fused-ring (bicyclic) bond motifs is 1. The summed E-state index contributed by atoms with van der Waals surface area (Å²) in [5, 5.41) is 7.06. The second kappa shape index (κ2) is 8.99. The number of nitrogens with zero attached hydrogens (tertiary/aromatic N) is 2. The highest BCUT2D eigenvalue weighted by Gasteiger charge is 2.18. The van der Waals surface area contributed by atoms with Crippen LogP contribution in [0.3, 0.4) is 0 Å². The number of carbonyl (C=O) groups excluding carboxylic acids is 2. The van der Waals surface area contributed by atoms with E-state index in [4.69, 9.17) is 16.3 Å². The molecular weight excluding hydrogens is 424 g/mol. The lowest BCUT2D eigenvalue weighted by atomic mass is 10.2. The number of hydrogen-bond donors (Lipinski definition) is 2. The van der Waals surface area contributed by atoms with Crippen LogP contribution in [0.1, 0.15) is 17.3 Å². The zero-order valence-corrected chi connectivity index (χ0v) is 17.9. The van der Waals surface area contributed by atoms with Crippen molar-refractivity contribution in [2.45, 2.75) is 13.0 Å². The van der Waals surface area contributed by atoms with Crippen LogP contribution in [-0.4, -0.2) is 49.1 Å². The van der Waals surface area contributed by atoms with Gasteiger partial charge in [-0.3, -0.25) is 9.59 Å². The van der Waals surface area contributed by atoms with Crippen LogP contribution in [-0.2, 0) is 9.53 Å². The molecule has 1 atom stereocenters. The van der Waals surface area contributed by atoms with Crippen LogP contribution in [0.2, 0.25) is 5.02 Å². The molecule has 7 nitrogen and oxygen atoms in total. The molecule has 2 N–H and O–H groups in total. The average Bonchev–Trinajstić information content (AvgIpc) is 3.18. The van der Waals surface area contributed by atoms with Crippen molar-refractivity contribution in [2.75, 3.05) is 36.5 Å². The molecule has 1 saturated heterocycles. The fourth-order valence-electron chi connectivity index (χ4n) is 3.08. The summed E-state index contributed by atoms with van der Waals surface area (Å²) < 4.78 is 6.39. The van der Waals surface area contributed by atoms with Gasteiger partial charge in [-0.05, 0) is 49.4 Å². The fourth-order valence-corrected chi connectivity index (χ4v) is 4.26. The summed E-state index contributed by atoms with van der Waals surface area (Å²) in [6.07, 6.45) is 0. The number of carbonyl (C=O) groups is 2. The van der Waals surface area contributed by atoms with Crippen molar-refractivity contribution in [1.29, 1.82) is 0 Å². The van der Waals surface area contributed by atoms with Crippen molar-refractivity contribution in [3.8, 4) is 0 Å². The fraction of sp³-hybridized carbons (Fsp3) is 0.286. The van der Waals surface area contributed by atoms with Crippen LogP contribution < -0.4 is 15.5 Å². The Hall–Kier alpha value is -2.68. The number of aromatic nitrogens is 1. The molecule has 1 aliphatic rings. The van der Waals surface area contributed by atoms with Crippen LogP contribution in [0.25, 0.3) is 10.2 Å². The zero-order valence-electron chi connectivity index (χ0n) is 16.4. The minimum atomic E-state index is -0.700. The number of hydrogen-bond acceptors (Lipinski definition) is 6. The number of halogens is 1. The molecule has 9 heteroatoms. The van der Waals surface area contributed by atoms with Crippen LogP contribution in [0.5, 0.6) is 0 Å². The third kappa shape index (κ3) is 4.72. The Morgan fingerprint density at radius 1 is 1.17 bits per heavy atom. The van der Waals surface area contributed by atoms with E-state index in [0.717, 1.165) is 28.4 Å². The molecule has 30 heavy (non-hydrogen) atoms. The maximum Gasteiger partial charge on any atom is 0.251 e. The number of morpholine rings is 1. The van der Waals surface area contributed by atoms with Crippen LogP contribution in [0, 0.1) is 0 Å². The molecule has 0 bridgehead atoms. The van der Waals surface area contributed by atoms with Crippen LogP contribution >= 0.6 is 22.9 Å². The Labute approximate surface area is 183 Å². The van der Waals surface area contributed by atoms with Crippen molar-refractivity contribution in [3.05, 3.63) is 53.1 Å². The number of nitrogens with one attached hydrogen (secondary N) is 2. The summed E-state index contributed by atoms with van der Waals surface area (Å²) in [5.74, 6) is -0.628. The van der Waals surface area contributed by atoms with E-state index in [1.165, 1.54) is 0 Å². The molecule has 2 aromatic carbocycles. The lowest BCUT2D eigenvalue weighted by molar-refractivity contribution is -0.117. The quantitative estimate of drug-likeness (QED) is 0.628. The molecule has 1 fully saturated rings. The summed E-state index contributed by atoms with van der Waals surface area (Å²) in [5.41, 5.74) is 2.00. The van der Waals surface area contributed by atoms with Gasteiger partial charge in [-0.15, -0.1) is 0 Å². The van der Waals surface area contributed by atoms with E-state index >= 15 is 0 Å².